The molecule has 0 bridgehead atoms. The Balaban J connectivity index is 1.24. The first-order chi connectivity index (χ1) is 19.8. The van der Waals surface area contributed by atoms with Gasteiger partial charge in [-0.2, -0.15) is 5.10 Å². The van der Waals surface area contributed by atoms with Crippen molar-refractivity contribution in [3.63, 3.8) is 0 Å². The number of sulfone groups is 1. The van der Waals surface area contributed by atoms with Crippen LogP contribution in [0.25, 0.3) is 10.9 Å². The minimum atomic E-state index is -3.09. The van der Waals surface area contributed by atoms with Crippen LogP contribution in [-0.2, 0) is 16.4 Å². The standard InChI is InChI=1S/C32H26ClN3O3S2/c1-41(37,38)19-18-39-26-12-15-30-29(20-26)31(16-17-34-30)40-27-13-10-25(11-14-27)36-21-23-4-2-3-5-28(23)32(35-36)22-6-8-24(33)9-7-22/h2-17,20H,18-19,21H2,1H3. The number of hydrazone groups is 1. The van der Waals surface area contributed by atoms with Crippen LogP contribution in [-0.4, -0.2) is 37.7 Å². The van der Waals surface area contributed by atoms with Crippen LogP contribution in [0.4, 0.5) is 5.69 Å². The van der Waals surface area contributed by atoms with E-state index in [0.29, 0.717) is 17.3 Å². The minimum Gasteiger partial charge on any atom is -0.493 e. The van der Waals surface area contributed by atoms with E-state index in [9.17, 15) is 8.42 Å². The number of hydrogen-bond donors (Lipinski definition) is 0. The van der Waals surface area contributed by atoms with Gasteiger partial charge in [0.25, 0.3) is 0 Å². The maximum Gasteiger partial charge on any atom is 0.150 e. The highest BCUT2D eigenvalue weighted by Crippen LogP contribution is 2.36. The van der Waals surface area contributed by atoms with Crippen LogP contribution in [0.15, 0.2) is 118 Å². The van der Waals surface area contributed by atoms with Gasteiger partial charge in [0.2, 0.25) is 0 Å². The van der Waals surface area contributed by atoms with E-state index in [2.05, 4.69) is 47.4 Å². The summed E-state index contributed by atoms with van der Waals surface area (Å²) >= 11 is 7.78. The Morgan fingerprint density at radius 2 is 1.73 bits per heavy atom. The van der Waals surface area contributed by atoms with Crippen molar-refractivity contribution >= 4 is 55.5 Å². The van der Waals surface area contributed by atoms with E-state index in [1.54, 1.807) is 18.0 Å². The van der Waals surface area contributed by atoms with Crippen molar-refractivity contribution in [2.45, 2.75) is 16.3 Å². The van der Waals surface area contributed by atoms with Gasteiger partial charge in [0.15, 0.2) is 9.84 Å². The molecule has 9 heteroatoms. The van der Waals surface area contributed by atoms with Gasteiger partial charge in [0.1, 0.15) is 12.4 Å². The van der Waals surface area contributed by atoms with Gasteiger partial charge in [-0.25, -0.2) is 8.42 Å². The van der Waals surface area contributed by atoms with Gasteiger partial charge in [0, 0.05) is 43.8 Å². The quantitative estimate of drug-likeness (QED) is 0.187. The molecule has 0 spiro atoms. The van der Waals surface area contributed by atoms with Gasteiger partial charge in [-0.1, -0.05) is 59.8 Å². The Morgan fingerprint density at radius 3 is 2.51 bits per heavy atom. The summed E-state index contributed by atoms with van der Waals surface area (Å²) in [6, 6.07) is 32.1. The molecule has 0 saturated heterocycles. The van der Waals surface area contributed by atoms with Gasteiger partial charge in [-0.05, 0) is 66.2 Å². The first-order valence-electron chi connectivity index (χ1n) is 13.0. The van der Waals surface area contributed by atoms with E-state index in [1.807, 2.05) is 59.6 Å². The number of pyridine rings is 1. The average Bonchev–Trinajstić information content (AvgIpc) is 2.97. The molecule has 4 aromatic carbocycles. The molecule has 0 unspecified atom stereocenters. The normalized spacial score (nSPS) is 13.1. The van der Waals surface area contributed by atoms with Crippen molar-refractivity contribution in [1.29, 1.82) is 0 Å². The Kier molecular flexibility index (Phi) is 7.71. The molecule has 0 atom stereocenters. The summed E-state index contributed by atoms with van der Waals surface area (Å²) in [4.78, 5) is 6.59. The number of ether oxygens (including phenoxy) is 1. The highest BCUT2D eigenvalue weighted by Gasteiger charge is 2.21. The van der Waals surface area contributed by atoms with Crippen LogP contribution in [0.3, 0.4) is 0 Å². The van der Waals surface area contributed by atoms with E-state index in [0.717, 1.165) is 43.2 Å². The SMILES string of the molecule is CS(=O)(=O)CCOc1ccc2nccc(Sc3ccc(N4Cc5ccccc5C(c5ccc(Cl)cc5)=N4)cc3)c2c1. The van der Waals surface area contributed by atoms with Crippen molar-refractivity contribution in [3.8, 4) is 5.75 Å². The molecule has 1 aromatic heterocycles. The van der Waals surface area contributed by atoms with E-state index < -0.39 is 9.84 Å². The smallest absolute Gasteiger partial charge is 0.150 e. The highest BCUT2D eigenvalue weighted by molar-refractivity contribution is 7.99. The molecule has 0 saturated carbocycles. The molecule has 1 aliphatic rings. The summed E-state index contributed by atoms with van der Waals surface area (Å²) in [6.07, 6.45) is 3.00. The second-order valence-electron chi connectivity index (χ2n) is 9.73. The third kappa shape index (κ3) is 6.40. The molecule has 2 heterocycles. The van der Waals surface area contributed by atoms with Crippen LogP contribution >= 0.6 is 23.4 Å². The predicted octanol–water partition coefficient (Wildman–Crippen LogP) is 7.24. The first-order valence-corrected chi connectivity index (χ1v) is 16.3. The van der Waals surface area contributed by atoms with E-state index in [-0.39, 0.29) is 12.4 Å². The Labute approximate surface area is 248 Å². The summed E-state index contributed by atoms with van der Waals surface area (Å²) in [5.74, 6) is 0.589. The molecule has 0 amide bonds. The lowest BCUT2D eigenvalue weighted by Crippen LogP contribution is -2.26. The Morgan fingerprint density at radius 1 is 0.951 bits per heavy atom. The third-order valence-electron chi connectivity index (χ3n) is 6.69. The molecule has 0 fully saturated rings. The predicted molar refractivity (Wildman–Crippen MR) is 167 cm³/mol. The second kappa shape index (κ2) is 11.6. The highest BCUT2D eigenvalue weighted by atomic mass is 35.5. The zero-order chi connectivity index (χ0) is 28.4. The number of nitrogens with zero attached hydrogens (tertiary/aromatic N) is 3. The summed E-state index contributed by atoms with van der Waals surface area (Å²) < 4.78 is 28.6. The first kappa shape index (κ1) is 27.3. The molecular formula is C32H26ClN3O3S2. The average molecular weight is 600 g/mol. The maximum absolute atomic E-state index is 11.5. The van der Waals surface area contributed by atoms with E-state index in [4.69, 9.17) is 21.4 Å². The second-order valence-corrected chi connectivity index (χ2v) is 13.5. The molecule has 6 nitrogen and oxygen atoms in total. The van der Waals surface area contributed by atoms with Gasteiger partial charge in [-0.3, -0.25) is 9.99 Å². The van der Waals surface area contributed by atoms with Crippen LogP contribution in [0.1, 0.15) is 16.7 Å². The summed E-state index contributed by atoms with van der Waals surface area (Å²) in [6.45, 7) is 0.786. The van der Waals surface area contributed by atoms with Gasteiger partial charge in [0.05, 0.1) is 29.2 Å². The summed E-state index contributed by atoms with van der Waals surface area (Å²) in [5, 5.41) is 8.71. The molecule has 41 heavy (non-hydrogen) atoms. The molecule has 0 N–H and O–H groups in total. The van der Waals surface area contributed by atoms with Gasteiger partial charge < -0.3 is 4.74 Å². The fourth-order valence-corrected chi connectivity index (χ4v) is 6.07. The molecule has 0 aliphatic carbocycles. The van der Waals surface area contributed by atoms with Crippen molar-refractivity contribution < 1.29 is 13.2 Å². The lowest BCUT2D eigenvalue weighted by atomic mass is 9.96. The van der Waals surface area contributed by atoms with Crippen LogP contribution in [0.5, 0.6) is 5.75 Å². The van der Waals surface area contributed by atoms with Gasteiger partial charge in [-0.15, -0.1) is 0 Å². The fourth-order valence-electron chi connectivity index (χ4n) is 4.63. The number of aromatic nitrogens is 1. The number of anilines is 1. The topological polar surface area (TPSA) is 71.9 Å². The Bertz CT molecular complexity index is 1860. The van der Waals surface area contributed by atoms with Gasteiger partial charge >= 0.3 is 0 Å². The zero-order valence-electron chi connectivity index (χ0n) is 22.2. The third-order valence-corrected chi connectivity index (χ3v) is 8.93. The lowest BCUT2D eigenvalue weighted by Gasteiger charge is -2.28. The number of rotatable bonds is 8. The lowest BCUT2D eigenvalue weighted by molar-refractivity contribution is 0.341. The monoisotopic (exact) mass is 599 g/mol. The molecule has 6 rings (SSSR count). The maximum atomic E-state index is 11.5. The molecule has 1 aliphatic heterocycles. The molecule has 206 valence electrons. The number of halogens is 1. The summed E-state index contributed by atoms with van der Waals surface area (Å²) in [7, 11) is -3.09. The van der Waals surface area contributed by atoms with Crippen molar-refractivity contribution in [1.82, 2.24) is 4.98 Å². The van der Waals surface area contributed by atoms with Crippen molar-refractivity contribution in [3.05, 3.63) is 125 Å². The Hall–Kier alpha value is -3.85. The fraction of sp³-hybridized carbons (Fsp3) is 0.125. The van der Waals surface area contributed by atoms with E-state index in [1.165, 1.54) is 11.8 Å². The molecular weight excluding hydrogens is 574 g/mol. The van der Waals surface area contributed by atoms with Crippen LogP contribution in [0, 0.1) is 0 Å². The van der Waals surface area contributed by atoms with Crippen molar-refractivity contribution in [2.24, 2.45) is 5.10 Å². The largest absolute Gasteiger partial charge is 0.493 e. The molecule has 5 aromatic rings. The number of fused-ring (bicyclic) bond motifs is 2. The van der Waals surface area contributed by atoms with E-state index >= 15 is 0 Å². The van der Waals surface area contributed by atoms with Crippen LogP contribution < -0.4 is 9.75 Å². The number of benzene rings is 4. The zero-order valence-corrected chi connectivity index (χ0v) is 24.6. The number of hydrogen-bond acceptors (Lipinski definition) is 7. The van der Waals surface area contributed by atoms with Crippen molar-refractivity contribution in [2.75, 3.05) is 23.6 Å². The molecule has 0 radical (unpaired) electrons. The summed E-state index contributed by atoms with van der Waals surface area (Å²) in [5.41, 5.74) is 6.11. The minimum absolute atomic E-state index is 0.0279. The van der Waals surface area contributed by atoms with Crippen LogP contribution in [0.2, 0.25) is 5.02 Å².